The Morgan fingerprint density at radius 3 is 2.26 bits per heavy atom. The highest BCUT2D eigenvalue weighted by Gasteiger charge is 2.53. The lowest BCUT2D eigenvalue weighted by molar-refractivity contribution is -0.176. The molecule has 0 aromatic rings. The fourth-order valence-electron chi connectivity index (χ4n) is 4.35. The normalized spacial score (nSPS) is 19.3. The molecule has 27 heavy (non-hydrogen) atoms. The molecule has 0 unspecified atom stereocenters. The SMILES string of the molecule is CCC=CC[C@@H](C(=O)CCC(C)(C)CCCC)[C@@](O)(C(=O)O)C1CCCC1. The Morgan fingerprint density at radius 1 is 1.11 bits per heavy atom. The molecule has 0 radical (unpaired) electrons. The number of carbonyl (C=O) groups is 2. The summed E-state index contributed by atoms with van der Waals surface area (Å²) in [5.74, 6) is -2.52. The number of aliphatic hydroxyl groups is 1. The number of carboxylic acids is 1. The maximum absolute atomic E-state index is 13.1. The van der Waals surface area contributed by atoms with E-state index in [1.807, 2.05) is 19.1 Å². The van der Waals surface area contributed by atoms with Crippen LogP contribution in [-0.2, 0) is 9.59 Å². The Kier molecular flexibility index (Phi) is 9.72. The third-order valence-corrected chi connectivity index (χ3v) is 6.27. The first kappa shape index (κ1) is 23.9. The van der Waals surface area contributed by atoms with Gasteiger partial charge in [-0.2, -0.15) is 0 Å². The van der Waals surface area contributed by atoms with Gasteiger partial charge in [-0.25, -0.2) is 4.79 Å². The topological polar surface area (TPSA) is 74.6 Å². The average molecular weight is 381 g/mol. The van der Waals surface area contributed by atoms with Gasteiger partial charge in [0.05, 0.1) is 5.92 Å². The van der Waals surface area contributed by atoms with E-state index in [0.717, 1.165) is 44.9 Å². The van der Waals surface area contributed by atoms with Crippen LogP contribution in [0.15, 0.2) is 12.2 Å². The van der Waals surface area contributed by atoms with Gasteiger partial charge in [-0.15, -0.1) is 0 Å². The van der Waals surface area contributed by atoms with Crippen molar-refractivity contribution < 1.29 is 19.8 Å². The zero-order valence-electron chi connectivity index (χ0n) is 17.8. The highest BCUT2D eigenvalue weighted by atomic mass is 16.4. The molecule has 4 nitrogen and oxygen atoms in total. The summed E-state index contributed by atoms with van der Waals surface area (Å²) >= 11 is 0. The van der Waals surface area contributed by atoms with Crippen LogP contribution in [0.5, 0.6) is 0 Å². The van der Waals surface area contributed by atoms with E-state index >= 15 is 0 Å². The molecule has 0 aromatic heterocycles. The first-order chi connectivity index (χ1) is 12.7. The van der Waals surface area contributed by atoms with Crippen LogP contribution < -0.4 is 0 Å². The number of carbonyl (C=O) groups excluding carboxylic acids is 1. The second-order valence-electron chi connectivity index (χ2n) is 9.01. The Balaban J connectivity index is 2.98. The van der Waals surface area contributed by atoms with Crippen LogP contribution in [0.2, 0.25) is 0 Å². The van der Waals surface area contributed by atoms with E-state index in [9.17, 15) is 19.8 Å². The number of aliphatic carboxylic acids is 1. The molecule has 1 aliphatic rings. The van der Waals surface area contributed by atoms with Crippen molar-refractivity contribution >= 4 is 11.8 Å². The van der Waals surface area contributed by atoms with Gasteiger partial charge in [0, 0.05) is 6.42 Å². The number of allylic oxidation sites excluding steroid dienone is 2. The minimum atomic E-state index is -1.95. The molecule has 156 valence electrons. The Morgan fingerprint density at radius 2 is 1.74 bits per heavy atom. The number of ketones is 1. The highest BCUT2D eigenvalue weighted by Crippen LogP contribution is 2.41. The molecule has 1 saturated carbocycles. The predicted octanol–water partition coefficient (Wildman–Crippen LogP) is 5.53. The second-order valence-corrected chi connectivity index (χ2v) is 9.01. The monoisotopic (exact) mass is 380 g/mol. The van der Waals surface area contributed by atoms with Crippen molar-refractivity contribution in [3.05, 3.63) is 12.2 Å². The molecule has 1 aliphatic carbocycles. The number of hydrogen-bond donors (Lipinski definition) is 2. The number of Topliss-reactive ketones (excluding diaryl/α,β-unsaturated/α-hetero) is 1. The third kappa shape index (κ3) is 6.74. The number of unbranched alkanes of at least 4 members (excludes halogenated alkanes) is 1. The molecular weight excluding hydrogens is 340 g/mol. The first-order valence-electron chi connectivity index (χ1n) is 10.8. The van der Waals surface area contributed by atoms with Crippen LogP contribution in [0.3, 0.4) is 0 Å². The zero-order valence-corrected chi connectivity index (χ0v) is 17.8. The molecular formula is C23H40O4. The number of carboxylic acid groups (broad SMARTS) is 1. The third-order valence-electron chi connectivity index (χ3n) is 6.27. The van der Waals surface area contributed by atoms with Gasteiger partial charge in [0.1, 0.15) is 5.78 Å². The molecule has 1 rings (SSSR count). The summed E-state index contributed by atoms with van der Waals surface area (Å²) in [5.41, 5.74) is -1.89. The summed E-state index contributed by atoms with van der Waals surface area (Å²) in [6.07, 6.45) is 12.6. The van der Waals surface area contributed by atoms with Crippen molar-refractivity contribution in [3.8, 4) is 0 Å². The average Bonchev–Trinajstić information content (AvgIpc) is 3.16. The van der Waals surface area contributed by atoms with Crippen molar-refractivity contribution in [2.24, 2.45) is 17.3 Å². The zero-order chi connectivity index (χ0) is 20.5. The summed E-state index contributed by atoms with van der Waals surface area (Å²) in [6.45, 7) is 8.50. The molecule has 0 bridgehead atoms. The van der Waals surface area contributed by atoms with Gasteiger partial charge < -0.3 is 10.2 Å². The van der Waals surface area contributed by atoms with E-state index in [0.29, 0.717) is 25.7 Å². The maximum atomic E-state index is 13.1. The lowest BCUT2D eigenvalue weighted by atomic mass is 9.70. The maximum Gasteiger partial charge on any atom is 0.336 e. The molecule has 0 amide bonds. The minimum absolute atomic E-state index is 0.0597. The van der Waals surface area contributed by atoms with E-state index < -0.39 is 17.5 Å². The smallest absolute Gasteiger partial charge is 0.336 e. The quantitative estimate of drug-likeness (QED) is 0.412. The summed E-state index contributed by atoms with van der Waals surface area (Å²) in [7, 11) is 0. The van der Waals surface area contributed by atoms with Crippen LogP contribution in [-0.4, -0.2) is 27.6 Å². The molecule has 0 heterocycles. The van der Waals surface area contributed by atoms with Gasteiger partial charge >= 0.3 is 5.97 Å². The van der Waals surface area contributed by atoms with Crippen molar-refractivity contribution in [2.75, 3.05) is 0 Å². The molecule has 0 aliphatic heterocycles. The van der Waals surface area contributed by atoms with E-state index in [1.54, 1.807) is 0 Å². The van der Waals surface area contributed by atoms with Gasteiger partial charge in [-0.05, 0) is 49.9 Å². The van der Waals surface area contributed by atoms with Crippen molar-refractivity contribution in [1.29, 1.82) is 0 Å². The molecule has 1 fully saturated rings. The van der Waals surface area contributed by atoms with E-state index in [-0.39, 0.29) is 17.1 Å². The van der Waals surface area contributed by atoms with Crippen molar-refractivity contribution in [1.82, 2.24) is 0 Å². The first-order valence-corrected chi connectivity index (χ1v) is 10.8. The van der Waals surface area contributed by atoms with Crippen LogP contribution in [0.1, 0.15) is 98.3 Å². The Bertz CT molecular complexity index is 503. The van der Waals surface area contributed by atoms with Gasteiger partial charge in [0.25, 0.3) is 0 Å². The van der Waals surface area contributed by atoms with Crippen molar-refractivity contribution in [2.45, 2.75) is 104 Å². The fourth-order valence-corrected chi connectivity index (χ4v) is 4.35. The summed E-state index contributed by atoms with van der Waals surface area (Å²) < 4.78 is 0. The van der Waals surface area contributed by atoms with E-state index in [2.05, 4.69) is 20.8 Å². The van der Waals surface area contributed by atoms with Crippen LogP contribution in [0, 0.1) is 17.3 Å². The van der Waals surface area contributed by atoms with Crippen LogP contribution in [0.25, 0.3) is 0 Å². The highest BCUT2D eigenvalue weighted by molar-refractivity contribution is 5.90. The molecule has 0 aromatic carbocycles. The summed E-state index contributed by atoms with van der Waals surface area (Å²) in [6, 6.07) is 0. The lowest BCUT2D eigenvalue weighted by Crippen LogP contribution is -2.54. The number of hydrogen-bond acceptors (Lipinski definition) is 3. The molecule has 4 heteroatoms. The van der Waals surface area contributed by atoms with Crippen LogP contribution in [0.4, 0.5) is 0 Å². The standard InChI is InChI=1S/C23H40O4/c1-5-7-9-14-19(20(24)15-17-22(3,4)16-8-6-2)23(27,21(25)26)18-12-10-11-13-18/h7,9,18-19,27H,5-6,8,10-17H2,1-4H3,(H,25,26)/t19-,23+/m0/s1. The van der Waals surface area contributed by atoms with Crippen LogP contribution >= 0.6 is 0 Å². The van der Waals surface area contributed by atoms with Crippen molar-refractivity contribution in [3.63, 3.8) is 0 Å². The molecule has 2 atom stereocenters. The van der Waals surface area contributed by atoms with Gasteiger partial charge in [0.2, 0.25) is 0 Å². The molecule has 0 spiro atoms. The van der Waals surface area contributed by atoms with Gasteiger partial charge in [-0.1, -0.05) is 65.5 Å². The largest absolute Gasteiger partial charge is 0.479 e. The van der Waals surface area contributed by atoms with Gasteiger partial charge in [-0.3, -0.25) is 4.79 Å². The Labute approximate surface area is 165 Å². The second kappa shape index (κ2) is 11.0. The van der Waals surface area contributed by atoms with E-state index in [4.69, 9.17) is 0 Å². The minimum Gasteiger partial charge on any atom is -0.479 e. The molecule has 0 saturated heterocycles. The number of rotatable bonds is 13. The van der Waals surface area contributed by atoms with Gasteiger partial charge in [0.15, 0.2) is 5.60 Å². The lowest BCUT2D eigenvalue weighted by Gasteiger charge is -2.36. The fraction of sp³-hybridized carbons (Fsp3) is 0.826. The predicted molar refractivity (Wildman–Crippen MR) is 110 cm³/mol. The molecule has 2 N–H and O–H groups in total. The summed E-state index contributed by atoms with van der Waals surface area (Å²) in [4.78, 5) is 25.2. The Hall–Kier alpha value is -1.16. The summed E-state index contributed by atoms with van der Waals surface area (Å²) in [5, 5.41) is 21.1. The van der Waals surface area contributed by atoms with E-state index in [1.165, 1.54) is 0 Å².